The molecule has 3 aromatic heterocycles. The highest BCUT2D eigenvalue weighted by molar-refractivity contribution is 6.08. The average molecular weight is 794 g/mol. The Morgan fingerprint density at radius 2 is 0.613 bits per heavy atom. The predicted molar refractivity (Wildman–Crippen MR) is 252 cm³/mol. The molecule has 12 rings (SSSR count). The number of rotatable bonds is 7. The highest BCUT2D eigenvalue weighted by atomic mass is 16.3. The Labute approximate surface area is 357 Å². The second-order valence-electron chi connectivity index (χ2n) is 15.6. The van der Waals surface area contributed by atoms with Crippen molar-refractivity contribution in [1.29, 1.82) is 0 Å². The van der Waals surface area contributed by atoms with E-state index in [2.05, 4.69) is 146 Å². The lowest BCUT2D eigenvalue weighted by molar-refractivity contribution is 0.668. The summed E-state index contributed by atoms with van der Waals surface area (Å²) in [7, 11) is 0. The molecule has 0 aliphatic carbocycles. The molecule has 0 unspecified atom stereocenters. The first-order valence-electron chi connectivity index (χ1n) is 20.7. The Hall–Kier alpha value is -8.41. The van der Waals surface area contributed by atoms with E-state index in [0.29, 0.717) is 17.5 Å². The summed E-state index contributed by atoms with van der Waals surface area (Å²) < 4.78 is 12.4. The van der Waals surface area contributed by atoms with E-state index in [1.54, 1.807) is 0 Å². The van der Waals surface area contributed by atoms with E-state index >= 15 is 0 Å². The number of hydrogen-bond donors (Lipinski definition) is 0. The van der Waals surface area contributed by atoms with E-state index in [9.17, 15) is 0 Å². The third-order valence-corrected chi connectivity index (χ3v) is 11.7. The minimum absolute atomic E-state index is 0.610. The van der Waals surface area contributed by atoms with E-state index in [-0.39, 0.29) is 0 Å². The average Bonchev–Trinajstić information content (AvgIpc) is 3.92. The molecule has 0 fully saturated rings. The van der Waals surface area contributed by atoms with Gasteiger partial charge >= 0.3 is 0 Å². The van der Waals surface area contributed by atoms with Gasteiger partial charge in [-0.05, 0) is 99.1 Å². The number of fused-ring (bicyclic) bond motifs is 6. The molecule has 0 radical (unpaired) electrons. The van der Waals surface area contributed by atoms with Gasteiger partial charge in [0.1, 0.15) is 22.3 Å². The van der Waals surface area contributed by atoms with Crippen LogP contribution < -0.4 is 0 Å². The molecule has 0 N–H and O–H groups in total. The van der Waals surface area contributed by atoms with Gasteiger partial charge in [0, 0.05) is 38.2 Å². The second-order valence-corrected chi connectivity index (χ2v) is 15.6. The molecule has 0 aliphatic heterocycles. The van der Waals surface area contributed by atoms with Gasteiger partial charge in [0.05, 0.1) is 0 Å². The lowest BCUT2D eigenvalue weighted by Gasteiger charge is -2.13. The summed E-state index contributed by atoms with van der Waals surface area (Å²) in [5, 5.41) is 4.40. The van der Waals surface area contributed by atoms with Crippen molar-refractivity contribution in [2.45, 2.75) is 0 Å². The van der Waals surface area contributed by atoms with Gasteiger partial charge in [-0.2, -0.15) is 0 Å². The van der Waals surface area contributed by atoms with Gasteiger partial charge in [-0.15, -0.1) is 0 Å². The molecule has 0 amide bonds. The number of para-hydroxylation sites is 2. The van der Waals surface area contributed by atoms with E-state index in [4.69, 9.17) is 23.8 Å². The Bertz CT molecular complexity index is 3490. The fourth-order valence-electron chi connectivity index (χ4n) is 8.64. The summed E-state index contributed by atoms with van der Waals surface area (Å²) in [6.45, 7) is 0. The first-order valence-corrected chi connectivity index (χ1v) is 20.7. The maximum absolute atomic E-state index is 6.21. The highest BCUT2D eigenvalue weighted by Crippen LogP contribution is 2.39. The van der Waals surface area contributed by atoms with Crippen LogP contribution in [0, 0.1) is 0 Å². The van der Waals surface area contributed by atoms with Crippen LogP contribution in [0.2, 0.25) is 0 Å². The SMILES string of the molecule is c1ccc(-c2nc(-c3ccc(-c4cc(-c5ccc6oc7ccccc7c6c5)cc(-c5ccc6oc7ccccc7c6c5)c4)cc3)nc(-c3ccccc3-c3ccccc3)n2)cc1. The van der Waals surface area contributed by atoms with Crippen LogP contribution in [-0.2, 0) is 0 Å². The van der Waals surface area contributed by atoms with Crippen molar-refractivity contribution in [3.05, 3.63) is 212 Å². The number of hydrogen-bond acceptors (Lipinski definition) is 5. The van der Waals surface area contributed by atoms with Crippen LogP contribution >= 0.6 is 0 Å². The van der Waals surface area contributed by atoms with Gasteiger partial charge in [-0.25, -0.2) is 15.0 Å². The fourth-order valence-corrected chi connectivity index (χ4v) is 8.64. The lowest BCUT2D eigenvalue weighted by Crippen LogP contribution is -2.01. The molecule has 5 heteroatoms. The van der Waals surface area contributed by atoms with Crippen LogP contribution in [0.3, 0.4) is 0 Å². The minimum Gasteiger partial charge on any atom is -0.456 e. The summed E-state index contributed by atoms with van der Waals surface area (Å²) in [4.78, 5) is 15.3. The molecular weight excluding hydrogens is 759 g/mol. The van der Waals surface area contributed by atoms with Gasteiger partial charge in [0.25, 0.3) is 0 Å². The monoisotopic (exact) mass is 793 g/mol. The van der Waals surface area contributed by atoms with Gasteiger partial charge < -0.3 is 8.83 Å². The maximum Gasteiger partial charge on any atom is 0.164 e. The maximum atomic E-state index is 6.21. The summed E-state index contributed by atoms with van der Waals surface area (Å²) in [6, 6.07) is 73.6. The van der Waals surface area contributed by atoms with Crippen molar-refractivity contribution in [2.75, 3.05) is 0 Å². The van der Waals surface area contributed by atoms with Crippen molar-refractivity contribution < 1.29 is 8.83 Å². The quantitative estimate of drug-likeness (QED) is 0.161. The smallest absolute Gasteiger partial charge is 0.164 e. The summed E-state index contributed by atoms with van der Waals surface area (Å²) in [6.07, 6.45) is 0. The first-order chi connectivity index (χ1) is 30.7. The van der Waals surface area contributed by atoms with Gasteiger partial charge in [-0.3, -0.25) is 0 Å². The van der Waals surface area contributed by atoms with Crippen LogP contribution in [0.25, 0.3) is 123 Å². The van der Waals surface area contributed by atoms with E-state index in [1.165, 1.54) is 0 Å². The van der Waals surface area contributed by atoms with Crippen LogP contribution in [0.4, 0.5) is 0 Å². The van der Waals surface area contributed by atoms with Crippen LogP contribution in [-0.4, -0.2) is 15.0 Å². The van der Waals surface area contributed by atoms with Crippen molar-refractivity contribution >= 4 is 43.9 Å². The lowest BCUT2D eigenvalue weighted by atomic mass is 9.92. The normalized spacial score (nSPS) is 11.5. The molecular formula is C57H35N3O2. The molecule has 0 spiro atoms. The Kier molecular flexibility index (Phi) is 8.42. The van der Waals surface area contributed by atoms with Crippen LogP contribution in [0.5, 0.6) is 0 Å². The fraction of sp³-hybridized carbons (Fsp3) is 0. The number of aromatic nitrogens is 3. The van der Waals surface area contributed by atoms with Crippen molar-refractivity contribution in [3.8, 4) is 78.7 Å². The molecule has 0 saturated carbocycles. The third kappa shape index (κ3) is 6.32. The zero-order valence-corrected chi connectivity index (χ0v) is 33.4. The molecule has 0 atom stereocenters. The number of nitrogens with zero attached hydrogens (tertiary/aromatic N) is 3. The van der Waals surface area contributed by atoms with Crippen LogP contribution in [0.15, 0.2) is 221 Å². The molecule has 12 aromatic rings. The number of benzene rings is 9. The van der Waals surface area contributed by atoms with Crippen LogP contribution in [0.1, 0.15) is 0 Å². The molecule has 9 aromatic carbocycles. The highest BCUT2D eigenvalue weighted by Gasteiger charge is 2.17. The molecule has 62 heavy (non-hydrogen) atoms. The largest absolute Gasteiger partial charge is 0.456 e. The van der Waals surface area contributed by atoms with Crippen molar-refractivity contribution in [2.24, 2.45) is 0 Å². The molecule has 0 aliphatic rings. The Balaban J connectivity index is 0.990. The second kappa shape index (κ2) is 14.7. The zero-order valence-electron chi connectivity index (χ0n) is 33.4. The van der Waals surface area contributed by atoms with Gasteiger partial charge in [-0.1, -0.05) is 158 Å². The van der Waals surface area contributed by atoms with Gasteiger partial charge in [0.2, 0.25) is 0 Å². The Morgan fingerprint density at radius 1 is 0.226 bits per heavy atom. The van der Waals surface area contributed by atoms with Crippen molar-refractivity contribution in [1.82, 2.24) is 15.0 Å². The summed E-state index contributed by atoms with van der Waals surface area (Å²) in [5.74, 6) is 1.86. The molecule has 5 nitrogen and oxygen atoms in total. The molecule has 0 saturated heterocycles. The molecule has 3 heterocycles. The standard InChI is InChI=1S/C57H35N3O2/c1-3-13-37(14-4-1)45-17-7-8-20-48(45)57-59-55(38-15-5-2-6-16-38)58-56(60-57)39-25-23-36(24-26-39)42-31-43(40-27-29-53-49(34-40)46-18-9-11-21-51(46)61-53)33-44(32-42)41-28-30-54-50(35-41)47-19-10-12-22-52(47)62-54/h1-35H. The van der Waals surface area contributed by atoms with Gasteiger partial charge in [0.15, 0.2) is 17.5 Å². The predicted octanol–water partition coefficient (Wildman–Crippen LogP) is 15.3. The molecule has 0 bridgehead atoms. The summed E-state index contributed by atoms with van der Waals surface area (Å²) in [5.41, 5.74) is 15.1. The van der Waals surface area contributed by atoms with E-state index in [1.807, 2.05) is 66.7 Å². The summed E-state index contributed by atoms with van der Waals surface area (Å²) >= 11 is 0. The first kappa shape index (κ1) is 35.5. The number of furan rings is 2. The van der Waals surface area contributed by atoms with E-state index in [0.717, 1.165) is 105 Å². The zero-order chi connectivity index (χ0) is 41.0. The van der Waals surface area contributed by atoms with E-state index < -0.39 is 0 Å². The van der Waals surface area contributed by atoms with Crippen molar-refractivity contribution in [3.63, 3.8) is 0 Å². The third-order valence-electron chi connectivity index (χ3n) is 11.7. The topological polar surface area (TPSA) is 65.0 Å². The minimum atomic E-state index is 0.610. The Morgan fingerprint density at radius 3 is 1.18 bits per heavy atom. The molecule has 290 valence electrons.